The van der Waals surface area contributed by atoms with Gasteiger partial charge in [-0.1, -0.05) is 116 Å². The SMILES string of the molecule is C=CC(CCCCCCCC)C(C=C)(CCCCCCCCCC)OCC. The molecule has 27 heavy (non-hydrogen) atoms. The van der Waals surface area contributed by atoms with Crippen molar-refractivity contribution in [3.63, 3.8) is 0 Å². The highest BCUT2D eigenvalue weighted by Gasteiger charge is 2.34. The summed E-state index contributed by atoms with van der Waals surface area (Å²) < 4.78 is 6.30. The molecule has 0 fully saturated rings. The largest absolute Gasteiger partial charge is 0.371 e. The molecule has 0 aliphatic heterocycles. The van der Waals surface area contributed by atoms with Crippen molar-refractivity contribution in [2.24, 2.45) is 5.92 Å². The van der Waals surface area contributed by atoms with E-state index < -0.39 is 0 Å². The molecule has 2 unspecified atom stereocenters. The zero-order valence-corrected chi connectivity index (χ0v) is 19.1. The van der Waals surface area contributed by atoms with Crippen molar-refractivity contribution in [2.45, 2.75) is 129 Å². The summed E-state index contributed by atoms with van der Waals surface area (Å²) in [6, 6.07) is 0. The maximum Gasteiger partial charge on any atom is 0.0921 e. The Morgan fingerprint density at radius 3 is 1.63 bits per heavy atom. The van der Waals surface area contributed by atoms with Crippen molar-refractivity contribution in [3.05, 3.63) is 25.3 Å². The summed E-state index contributed by atoms with van der Waals surface area (Å²) >= 11 is 0. The molecule has 0 saturated carbocycles. The monoisotopic (exact) mass is 378 g/mol. The van der Waals surface area contributed by atoms with Gasteiger partial charge in [0.1, 0.15) is 0 Å². The maximum absolute atomic E-state index is 6.30. The van der Waals surface area contributed by atoms with Crippen LogP contribution >= 0.6 is 0 Å². The second-order valence-electron chi connectivity index (χ2n) is 8.22. The Labute approximate surface area is 172 Å². The summed E-state index contributed by atoms with van der Waals surface area (Å²) in [5.74, 6) is 0.394. The molecular weight excluding hydrogens is 328 g/mol. The van der Waals surface area contributed by atoms with E-state index in [4.69, 9.17) is 4.74 Å². The fraction of sp³-hybridized carbons (Fsp3) is 0.846. The predicted molar refractivity (Wildman–Crippen MR) is 123 cm³/mol. The third-order valence-electron chi connectivity index (χ3n) is 5.96. The highest BCUT2D eigenvalue weighted by Crippen LogP contribution is 2.34. The lowest BCUT2D eigenvalue weighted by Gasteiger charge is -2.37. The second-order valence-corrected chi connectivity index (χ2v) is 8.22. The predicted octanol–water partition coefficient (Wildman–Crippen LogP) is 9.03. The Hall–Kier alpha value is -0.560. The molecule has 1 nitrogen and oxygen atoms in total. The summed E-state index contributed by atoms with van der Waals surface area (Å²) in [7, 11) is 0. The lowest BCUT2D eigenvalue weighted by Crippen LogP contribution is -2.38. The van der Waals surface area contributed by atoms with Crippen molar-refractivity contribution in [1.29, 1.82) is 0 Å². The van der Waals surface area contributed by atoms with Crippen molar-refractivity contribution < 1.29 is 4.74 Å². The van der Waals surface area contributed by atoms with E-state index in [1.54, 1.807) is 0 Å². The molecule has 1 heteroatoms. The molecule has 0 aliphatic rings. The van der Waals surface area contributed by atoms with E-state index >= 15 is 0 Å². The fourth-order valence-electron chi connectivity index (χ4n) is 4.19. The van der Waals surface area contributed by atoms with Crippen LogP contribution in [0.25, 0.3) is 0 Å². The summed E-state index contributed by atoms with van der Waals surface area (Å²) in [5.41, 5.74) is -0.206. The first-order valence-electron chi connectivity index (χ1n) is 12.1. The Kier molecular flexibility index (Phi) is 18.4. The molecule has 0 aromatic heterocycles. The van der Waals surface area contributed by atoms with Crippen LogP contribution in [0.5, 0.6) is 0 Å². The minimum Gasteiger partial charge on any atom is -0.371 e. The highest BCUT2D eigenvalue weighted by molar-refractivity contribution is 5.07. The molecule has 160 valence electrons. The van der Waals surface area contributed by atoms with Gasteiger partial charge in [0.25, 0.3) is 0 Å². The number of ether oxygens (including phenoxy) is 1. The van der Waals surface area contributed by atoms with Crippen molar-refractivity contribution in [1.82, 2.24) is 0 Å². The highest BCUT2D eigenvalue weighted by atomic mass is 16.5. The van der Waals surface area contributed by atoms with Crippen LogP contribution < -0.4 is 0 Å². The Morgan fingerprint density at radius 2 is 1.19 bits per heavy atom. The quantitative estimate of drug-likeness (QED) is 0.143. The smallest absolute Gasteiger partial charge is 0.0921 e. The molecule has 0 radical (unpaired) electrons. The molecule has 0 aromatic rings. The van der Waals surface area contributed by atoms with E-state index in [1.807, 2.05) is 0 Å². The summed E-state index contributed by atoms with van der Waals surface area (Å²) in [6.45, 7) is 15.7. The van der Waals surface area contributed by atoms with Gasteiger partial charge >= 0.3 is 0 Å². The molecule has 0 saturated heterocycles. The van der Waals surface area contributed by atoms with Gasteiger partial charge in [-0.25, -0.2) is 0 Å². The van der Waals surface area contributed by atoms with Crippen LogP contribution in [0.2, 0.25) is 0 Å². The Balaban J connectivity index is 4.34. The molecule has 0 bridgehead atoms. The van der Waals surface area contributed by atoms with Gasteiger partial charge in [-0.05, 0) is 19.8 Å². The minimum atomic E-state index is -0.206. The van der Waals surface area contributed by atoms with Crippen molar-refractivity contribution in [3.8, 4) is 0 Å². The van der Waals surface area contributed by atoms with Crippen LogP contribution in [0.15, 0.2) is 25.3 Å². The van der Waals surface area contributed by atoms with E-state index in [2.05, 4.69) is 46.1 Å². The Morgan fingerprint density at radius 1 is 0.704 bits per heavy atom. The first kappa shape index (κ1) is 26.4. The van der Waals surface area contributed by atoms with Crippen molar-refractivity contribution in [2.75, 3.05) is 6.61 Å². The van der Waals surface area contributed by atoms with Gasteiger partial charge in [0.05, 0.1) is 5.60 Å². The molecule has 0 aliphatic carbocycles. The molecule has 0 spiro atoms. The zero-order chi connectivity index (χ0) is 20.2. The van der Waals surface area contributed by atoms with Crippen LogP contribution in [0.1, 0.15) is 124 Å². The van der Waals surface area contributed by atoms with E-state index in [0.717, 1.165) is 13.0 Å². The molecule has 0 amide bonds. The van der Waals surface area contributed by atoms with Gasteiger partial charge in [0.2, 0.25) is 0 Å². The average Bonchev–Trinajstić information content (AvgIpc) is 2.69. The van der Waals surface area contributed by atoms with Crippen LogP contribution in [0.3, 0.4) is 0 Å². The summed E-state index contributed by atoms with van der Waals surface area (Å²) in [5, 5.41) is 0. The van der Waals surface area contributed by atoms with E-state index in [1.165, 1.54) is 96.3 Å². The van der Waals surface area contributed by atoms with Crippen molar-refractivity contribution >= 4 is 0 Å². The second kappa shape index (κ2) is 18.8. The summed E-state index contributed by atoms with van der Waals surface area (Å²) in [6.07, 6.45) is 25.4. The Bertz CT molecular complexity index is 335. The molecule has 0 heterocycles. The third-order valence-corrected chi connectivity index (χ3v) is 5.96. The molecule has 0 aromatic carbocycles. The van der Waals surface area contributed by atoms with E-state index in [-0.39, 0.29) is 5.60 Å². The maximum atomic E-state index is 6.30. The number of hydrogen-bond donors (Lipinski definition) is 0. The van der Waals surface area contributed by atoms with Crippen LogP contribution in [0.4, 0.5) is 0 Å². The average molecular weight is 379 g/mol. The first-order valence-corrected chi connectivity index (χ1v) is 12.1. The van der Waals surface area contributed by atoms with Gasteiger partial charge in [-0.3, -0.25) is 0 Å². The van der Waals surface area contributed by atoms with E-state index in [0.29, 0.717) is 5.92 Å². The zero-order valence-electron chi connectivity index (χ0n) is 19.1. The number of rotatable bonds is 21. The molecular formula is C26H50O. The lowest BCUT2D eigenvalue weighted by atomic mass is 9.79. The number of unbranched alkanes of at least 4 members (excludes halogenated alkanes) is 12. The molecule has 0 N–H and O–H groups in total. The molecule has 0 rings (SSSR count). The minimum absolute atomic E-state index is 0.206. The topological polar surface area (TPSA) is 9.23 Å². The van der Waals surface area contributed by atoms with E-state index in [9.17, 15) is 0 Å². The lowest BCUT2D eigenvalue weighted by molar-refractivity contribution is -0.0413. The number of hydrogen-bond acceptors (Lipinski definition) is 1. The van der Waals surface area contributed by atoms with Gasteiger partial charge in [-0.2, -0.15) is 0 Å². The normalized spacial score (nSPS) is 14.6. The van der Waals surface area contributed by atoms with Gasteiger partial charge < -0.3 is 4.74 Å². The van der Waals surface area contributed by atoms with Gasteiger partial charge in [0, 0.05) is 12.5 Å². The van der Waals surface area contributed by atoms with Crippen LogP contribution in [0, 0.1) is 5.92 Å². The summed E-state index contributed by atoms with van der Waals surface area (Å²) in [4.78, 5) is 0. The standard InChI is InChI=1S/C26H50O/c1-6-11-13-15-17-18-20-22-24-26(9-4,27-10-5)25(8-3)23-21-19-16-14-12-7-2/h8-9,25H,3-4,6-7,10-24H2,1-2,5H3. The fourth-order valence-corrected chi connectivity index (χ4v) is 4.19. The van der Waals surface area contributed by atoms with Gasteiger partial charge in [-0.15, -0.1) is 13.2 Å². The van der Waals surface area contributed by atoms with Gasteiger partial charge in [0.15, 0.2) is 0 Å². The third kappa shape index (κ3) is 12.5. The van der Waals surface area contributed by atoms with Crippen LogP contribution in [-0.4, -0.2) is 12.2 Å². The first-order chi connectivity index (χ1) is 13.2. The molecule has 2 atom stereocenters. The van der Waals surface area contributed by atoms with Crippen LogP contribution in [-0.2, 0) is 4.74 Å².